The van der Waals surface area contributed by atoms with Crippen LogP contribution >= 0.6 is 8.58 Å². The molecule has 0 saturated carbocycles. The molecule has 0 unspecified atom stereocenters. The van der Waals surface area contributed by atoms with Gasteiger partial charge in [-0.1, -0.05) is 0 Å². The number of hydrogen-bond donors (Lipinski definition) is 0. The second-order valence-corrected chi connectivity index (χ2v) is 12.9. The summed E-state index contributed by atoms with van der Waals surface area (Å²) in [6, 6.07) is 0. The Labute approximate surface area is 84.4 Å². The Balaban J connectivity index is 2.05. The van der Waals surface area contributed by atoms with Gasteiger partial charge in [-0.15, -0.1) is 0 Å². The molecule has 0 aliphatic heterocycles. The number of halogens is 1. The summed E-state index contributed by atoms with van der Waals surface area (Å²) in [4.78, 5) is 0. The molecule has 0 atom stereocenters. The van der Waals surface area contributed by atoms with Crippen LogP contribution in [-0.4, -0.2) is 0 Å². The van der Waals surface area contributed by atoms with Gasteiger partial charge in [0, 0.05) is 0 Å². The fourth-order valence-electron chi connectivity index (χ4n) is 1.43. The van der Waals surface area contributed by atoms with Crippen molar-refractivity contribution in [2.75, 3.05) is 0 Å². The fraction of sp³-hybridized carbons (Fsp3) is 0.200. The predicted octanol–water partition coefficient (Wildman–Crippen LogP) is 3.45. The molecule has 0 aromatic heterocycles. The van der Waals surface area contributed by atoms with Crippen molar-refractivity contribution in [2.45, 2.75) is 12.8 Å². The molecule has 0 aromatic rings. The Kier molecular flexibility index (Phi) is 2.82. The maximum absolute atomic E-state index is 6.49. The average Bonchev–Trinajstić information content (AvgIpc) is 2.77. The van der Waals surface area contributed by atoms with Crippen LogP contribution in [0.4, 0.5) is 0 Å². The summed E-state index contributed by atoms with van der Waals surface area (Å²) < 4.78 is 3.08. The number of hydrogen-bond acceptors (Lipinski definition) is 0. The molecule has 0 amide bonds. The minimum absolute atomic E-state index is 1.11. The van der Waals surface area contributed by atoms with E-state index in [1.54, 1.807) is 0 Å². The van der Waals surface area contributed by atoms with Crippen molar-refractivity contribution in [1.29, 1.82) is 0 Å². The monoisotopic (exact) mass is 345 g/mol. The van der Waals surface area contributed by atoms with Crippen LogP contribution in [0.15, 0.2) is 43.1 Å². The molecule has 2 aliphatic carbocycles. The van der Waals surface area contributed by atoms with Gasteiger partial charge in [0.05, 0.1) is 0 Å². The Bertz CT molecular complexity index is 267. The van der Waals surface area contributed by atoms with Gasteiger partial charge in [0.2, 0.25) is 0 Å². The van der Waals surface area contributed by atoms with Gasteiger partial charge in [0.15, 0.2) is 0 Å². The molecule has 0 bridgehead atoms. The SMILES string of the molecule is [Cl][Hf]([C]1=CC=CC1)[C]1=CC=CC1. The van der Waals surface area contributed by atoms with Crippen LogP contribution in [0.1, 0.15) is 12.8 Å². The minimum atomic E-state index is -1.96. The molecule has 0 nitrogen and oxygen atoms in total. The Hall–Kier alpha value is 0.120. The van der Waals surface area contributed by atoms with Crippen molar-refractivity contribution in [3.63, 3.8) is 0 Å². The van der Waals surface area contributed by atoms with Crippen LogP contribution in [-0.2, 0) is 20.3 Å². The third kappa shape index (κ3) is 1.72. The van der Waals surface area contributed by atoms with Crippen molar-refractivity contribution in [3.05, 3.63) is 43.1 Å². The second kappa shape index (κ2) is 3.89. The second-order valence-electron chi connectivity index (χ2n) is 2.96. The van der Waals surface area contributed by atoms with Crippen molar-refractivity contribution >= 4 is 8.58 Å². The molecule has 0 N–H and O–H groups in total. The van der Waals surface area contributed by atoms with Gasteiger partial charge in [-0.2, -0.15) is 0 Å². The van der Waals surface area contributed by atoms with E-state index >= 15 is 0 Å². The number of rotatable bonds is 2. The van der Waals surface area contributed by atoms with Gasteiger partial charge in [-0.25, -0.2) is 0 Å². The summed E-state index contributed by atoms with van der Waals surface area (Å²) in [6.07, 6.45) is 15.3. The van der Waals surface area contributed by atoms with Crippen LogP contribution in [0.2, 0.25) is 0 Å². The molecule has 2 aliphatic rings. The predicted molar refractivity (Wildman–Crippen MR) is 49.5 cm³/mol. The van der Waals surface area contributed by atoms with E-state index in [-0.39, 0.29) is 0 Å². The molecule has 0 heterocycles. The number of allylic oxidation sites excluding steroid dienone is 8. The van der Waals surface area contributed by atoms with Gasteiger partial charge >= 0.3 is 84.8 Å². The quantitative estimate of drug-likeness (QED) is 0.674. The standard InChI is InChI=1S/2C5H5.ClH.Hf/c2*1-2-4-5-3-1;;/h2*1-3H,4H2;1H;/q;;;+1/p-1. The summed E-state index contributed by atoms with van der Waals surface area (Å²) >= 11 is -1.96. The van der Waals surface area contributed by atoms with E-state index in [4.69, 9.17) is 8.58 Å². The molecule has 0 saturated heterocycles. The van der Waals surface area contributed by atoms with E-state index in [0.717, 1.165) is 12.8 Å². The molecule has 0 aromatic carbocycles. The zero-order valence-electron chi connectivity index (χ0n) is 6.76. The van der Waals surface area contributed by atoms with E-state index in [1.165, 1.54) is 6.66 Å². The van der Waals surface area contributed by atoms with Crippen molar-refractivity contribution in [3.8, 4) is 0 Å². The van der Waals surface area contributed by atoms with Crippen molar-refractivity contribution in [1.82, 2.24) is 0 Å². The molecular formula is C10H10ClHf. The van der Waals surface area contributed by atoms with Gasteiger partial charge in [-0.05, 0) is 0 Å². The fourth-order valence-corrected chi connectivity index (χ4v) is 9.08. The first-order chi connectivity index (χ1) is 5.88. The zero-order valence-corrected chi connectivity index (χ0v) is 11.1. The molecule has 12 heavy (non-hydrogen) atoms. The Morgan fingerprint density at radius 1 is 1.00 bits per heavy atom. The molecule has 0 radical (unpaired) electrons. The van der Waals surface area contributed by atoms with Crippen LogP contribution < -0.4 is 0 Å². The summed E-state index contributed by atoms with van der Waals surface area (Å²) in [7, 11) is 6.49. The zero-order chi connectivity index (χ0) is 8.39. The molecular weight excluding hydrogens is 334 g/mol. The maximum atomic E-state index is 6.49. The first-order valence-electron chi connectivity index (χ1n) is 4.12. The van der Waals surface area contributed by atoms with E-state index in [0.29, 0.717) is 0 Å². The van der Waals surface area contributed by atoms with Crippen LogP contribution in [0.3, 0.4) is 0 Å². The molecule has 0 fully saturated rings. The van der Waals surface area contributed by atoms with Gasteiger partial charge < -0.3 is 0 Å². The first-order valence-corrected chi connectivity index (χ1v) is 12.2. The average molecular weight is 344 g/mol. The Morgan fingerprint density at radius 2 is 1.50 bits per heavy atom. The molecule has 2 rings (SSSR count). The summed E-state index contributed by atoms with van der Waals surface area (Å²) in [5.74, 6) is 0. The third-order valence-corrected chi connectivity index (χ3v) is 12.8. The van der Waals surface area contributed by atoms with E-state index in [1.807, 2.05) is 0 Å². The van der Waals surface area contributed by atoms with E-state index in [9.17, 15) is 0 Å². The van der Waals surface area contributed by atoms with Crippen molar-refractivity contribution < 1.29 is 20.3 Å². The first kappa shape index (κ1) is 8.71. The van der Waals surface area contributed by atoms with Crippen LogP contribution in [0, 0.1) is 0 Å². The third-order valence-electron chi connectivity index (χ3n) is 2.11. The summed E-state index contributed by atoms with van der Waals surface area (Å²) in [5.41, 5.74) is 0. The van der Waals surface area contributed by atoms with Gasteiger partial charge in [0.1, 0.15) is 0 Å². The Morgan fingerprint density at radius 3 is 1.83 bits per heavy atom. The topological polar surface area (TPSA) is 0 Å². The molecule has 0 spiro atoms. The van der Waals surface area contributed by atoms with Crippen molar-refractivity contribution in [2.24, 2.45) is 0 Å². The summed E-state index contributed by atoms with van der Waals surface area (Å²) in [6.45, 7) is 0. The van der Waals surface area contributed by atoms with Crippen LogP contribution in [0.5, 0.6) is 0 Å². The van der Waals surface area contributed by atoms with Gasteiger partial charge in [-0.3, -0.25) is 0 Å². The normalized spacial score (nSPS) is 19.8. The van der Waals surface area contributed by atoms with E-state index in [2.05, 4.69) is 36.5 Å². The summed E-state index contributed by atoms with van der Waals surface area (Å²) in [5, 5.41) is 0. The molecule has 61 valence electrons. The van der Waals surface area contributed by atoms with Gasteiger partial charge in [0.25, 0.3) is 0 Å². The molecule has 2 heteroatoms. The van der Waals surface area contributed by atoms with Crippen LogP contribution in [0.25, 0.3) is 0 Å². The van der Waals surface area contributed by atoms with E-state index < -0.39 is 20.3 Å².